The number of rotatable bonds is 4. The zero-order valence-corrected chi connectivity index (χ0v) is 17.6. The summed E-state index contributed by atoms with van der Waals surface area (Å²) in [6, 6.07) is 13.6. The van der Waals surface area contributed by atoms with Crippen molar-refractivity contribution in [3.8, 4) is 0 Å². The van der Waals surface area contributed by atoms with Gasteiger partial charge in [-0.25, -0.2) is 0 Å². The van der Waals surface area contributed by atoms with Crippen LogP contribution in [0, 0.1) is 0 Å². The van der Waals surface area contributed by atoms with Gasteiger partial charge < -0.3 is 9.47 Å². The van der Waals surface area contributed by atoms with Crippen LogP contribution < -0.4 is 10.5 Å². The molecule has 5 rings (SSSR count). The molecule has 3 heterocycles. The van der Waals surface area contributed by atoms with E-state index >= 15 is 0 Å². The van der Waals surface area contributed by atoms with Crippen molar-refractivity contribution in [2.75, 3.05) is 18.0 Å². The second-order valence-corrected chi connectivity index (χ2v) is 8.51. The van der Waals surface area contributed by atoms with Gasteiger partial charge in [0.25, 0.3) is 5.56 Å². The molecule has 5 heteroatoms. The van der Waals surface area contributed by atoms with Gasteiger partial charge in [0.15, 0.2) is 0 Å². The first-order valence-electron chi connectivity index (χ1n) is 10.6. The maximum atomic E-state index is 12.8. The van der Waals surface area contributed by atoms with Crippen LogP contribution >= 0.6 is 11.6 Å². The van der Waals surface area contributed by atoms with E-state index < -0.39 is 0 Å². The Balaban J connectivity index is 1.42. The molecule has 0 bridgehead atoms. The predicted molar refractivity (Wildman–Crippen MR) is 122 cm³/mol. The van der Waals surface area contributed by atoms with Gasteiger partial charge in [-0.1, -0.05) is 29.8 Å². The fraction of sp³-hybridized carbons (Fsp3) is 0.280. The number of nitrogens with zero attached hydrogens (tertiary/aromatic N) is 3. The van der Waals surface area contributed by atoms with Crippen LogP contribution in [-0.4, -0.2) is 22.6 Å². The average Bonchev–Trinajstić information content (AvgIpc) is 3.19. The smallest absolute Gasteiger partial charge is 0.251 e. The van der Waals surface area contributed by atoms with Crippen LogP contribution in [0.1, 0.15) is 41.6 Å². The number of hydrogen-bond donors (Lipinski definition) is 0. The molecule has 30 heavy (non-hydrogen) atoms. The number of pyridine rings is 2. The molecule has 0 radical (unpaired) electrons. The molecule has 1 aliphatic carbocycles. The quantitative estimate of drug-likeness (QED) is 0.604. The summed E-state index contributed by atoms with van der Waals surface area (Å²) in [7, 11) is 0. The molecule has 3 aromatic rings. The molecular formula is C25H24ClN3O. The summed E-state index contributed by atoms with van der Waals surface area (Å²) in [4.78, 5) is 19.9. The lowest BCUT2D eigenvalue weighted by Crippen LogP contribution is -2.29. The van der Waals surface area contributed by atoms with Crippen molar-refractivity contribution in [2.24, 2.45) is 0 Å². The number of piperidine rings is 1. The number of fused-ring (bicyclic) bond motifs is 1. The first kappa shape index (κ1) is 19.1. The maximum Gasteiger partial charge on any atom is 0.251 e. The van der Waals surface area contributed by atoms with E-state index in [1.165, 1.54) is 24.9 Å². The largest absolute Gasteiger partial charge is 0.370 e. The lowest BCUT2D eigenvalue weighted by molar-refractivity contribution is 0.577. The minimum absolute atomic E-state index is 0.0121. The summed E-state index contributed by atoms with van der Waals surface area (Å²) in [5.74, 6) is 0. The van der Waals surface area contributed by atoms with Crippen molar-refractivity contribution in [2.45, 2.75) is 32.2 Å². The Bertz CT molecular complexity index is 1180. The molecule has 1 saturated heterocycles. The number of anilines is 1. The summed E-state index contributed by atoms with van der Waals surface area (Å²) >= 11 is 6.07. The molecule has 1 fully saturated rings. The number of allylic oxidation sites excluding steroid dienone is 1. The second kappa shape index (κ2) is 8.11. The fourth-order valence-electron chi connectivity index (χ4n) is 4.42. The van der Waals surface area contributed by atoms with Gasteiger partial charge in [0.05, 0.1) is 24.1 Å². The van der Waals surface area contributed by atoms with Gasteiger partial charge in [0.2, 0.25) is 0 Å². The van der Waals surface area contributed by atoms with Crippen molar-refractivity contribution in [1.29, 1.82) is 0 Å². The third-order valence-electron chi connectivity index (χ3n) is 6.02. The number of hydrogen-bond acceptors (Lipinski definition) is 3. The molecule has 1 aromatic carbocycles. The molecule has 4 nitrogen and oxygen atoms in total. The van der Waals surface area contributed by atoms with Crippen LogP contribution in [0.25, 0.3) is 5.57 Å². The summed E-state index contributed by atoms with van der Waals surface area (Å²) in [5.41, 5.74) is 6.51. The van der Waals surface area contributed by atoms with Gasteiger partial charge in [0.1, 0.15) is 0 Å². The Kier molecular flexibility index (Phi) is 5.17. The van der Waals surface area contributed by atoms with Gasteiger partial charge in [-0.05, 0) is 60.2 Å². The lowest BCUT2D eigenvalue weighted by Gasteiger charge is -2.29. The molecular weight excluding hydrogens is 394 g/mol. The molecule has 0 unspecified atom stereocenters. The third-order valence-corrected chi connectivity index (χ3v) is 6.25. The highest BCUT2D eigenvalue weighted by atomic mass is 35.5. The van der Waals surface area contributed by atoms with Gasteiger partial charge >= 0.3 is 0 Å². The van der Waals surface area contributed by atoms with Crippen LogP contribution in [-0.2, 0) is 13.0 Å². The van der Waals surface area contributed by atoms with E-state index in [0.29, 0.717) is 11.6 Å². The summed E-state index contributed by atoms with van der Waals surface area (Å²) in [6.45, 7) is 2.70. The number of halogens is 1. The minimum atomic E-state index is -0.0121. The second-order valence-electron chi connectivity index (χ2n) is 8.07. The molecule has 0 amide bonds. The van der Waals surface area contributed by atoms with Crippen LogP contribution in [0.2, 0.25) is 5.02 Å². The molecule has 152 valence electrons. The van der Waals surface area contributed by atoms with Crippen LogP contribution in [0.3, 0.4) is 0 Å². The van der Waals surface area contributed by atoms with Crippen molar-refractivity contribution in [3.63, 3.8) is 0 Å². The van der Waals surface area contributed by atoms with E-state index in [2.05, 4.69) is 17.0 Å². The molecule has 1 aliphatic heterocycles. The first-order chi connectivity index (χ1) is 14.7. The zero-order valence-electron chi connectivity index (χ0n) is 16.9. The Hall–Kier alpha value is -2.85. The zero-order chi connectivity index (χ0) is 20.5. The molecule has 2 aromatic heterocycles. The van der Waals surface area contributed by atoms with E-state index in [4.69, 9.17) is 16.6 Å². The normalized spacial score (nSPS) is 15.8. The van der Waals surface area contributed by atoms with E-state index in [0.717, 1.165) is 47.5 Å². The molecule has 0 spiro atoms. The first-order valence-corrected chi connectivity index (χ1v) is 10.9. The van der Waals surface area contributed by atoms with Crippen molar-refractivity contribution >= 4 is 22.9 Å². The molecule has 2 aliphatic rings. The molecule has 0 atom stereocenters. The standard InChI is InChI=1S/C25H24ClN3O/c26-20-6-4-5-18(13-20)17-29-12-9-19(14-25(29)30)22-7-8-24-23(22)15-21(16-27-24)28-10-2-1-3-11-28/h4-7,9,12-16H,1-3,8,10-11,17H2. The van der Waals surface area contributed by atoms with Gasteiger partial charge in [0, 0.05) is 42.4 Å². The SMILES string of the molecule is O=c1cc(C2=CCc3ncc(N4CCCCC4)cc32)ccn1Cc1cccc(Cl)c1. The summed E-state index contributed by atoms with van der Waals surface area (Å²) in [5, 5.41) is 0.682. The van der Waals surface area contributed by atoms with Crippen LogP contribution in [0.15, 0.2) is 65.7 Å². The summed E-state index contributed by atoms with van der Waals surface area (Å²) in [6.07, 6.45) is 10.7. The Morgan fingerprint density at radius 2 is 1.90 bits per heavy atom. The van der Waals surface area contributed by atoms with E-state index in [1.807, 2.05) is 42.7 Å². The highest BCUT2D eigenvalue weighted by molar-refractivity contribution is 6.30. The fourth-order valence-corrected chi connectivity index (χ4v) is 4.64. The van der Waals surface area contributed by atoms with Crippen LogP contribution in [0.5, 0.6) is 0 Å². The minimum Gasteiger partial charge on any atom is -0.370 e. The van der Waals surface area contributed by atoms with E-state index in [1.54, 1.807) is 10.6 Å². The van der Waals surface area contributed by atoms with Gasteiger partial charge in [-0.15, -0.1) is 0 Å². The highest BCUT2D eigenvalue weighted by Gasteiger charge is 2.20. The van der Waals surface area contributed by atoms with Crippen molar-refractivity contribution in [1.82, 2.24) is 9.55 Å². The Morgan fingerprint density at radius 1 is 1.03 bits per heavy atom. The van der Waals surface area contributed by atoms with Gasteiger partial charge in [-0.3, -0.25) is 9.78 Å². The van der Waals surface area contributed by atoms with Crippen LogP contribution in [0.4, 0.5) is 5.69 Å². The number of benzene rings is 1. The average molecular weight is 418 g/mol. The third kappa shape index (κ3) is 3.80. The molecule has 0 N–H and O–H groups in total. The van der Waals surface area contributed by atoms with Gasteiger partial charge in [-0.2, -0.15) is 0 Å². The van der Waals surface area contributed by atoms with Crippen molar-refractivity contribution < 1.29 is 0 Å². The topological polar surface area (TPSA) is 38.1 Å². The number of aromatic nitrogens is 2. The predicted octanol–water partition coefficient (Wildman–Crippen LogP) is 4.92. The summed E-state index contributed by atoms with van der Waals surface area (Å²) < 4.78 is 1.72. The molecule has 0 saturated carbocycles. The van der Waals surface area contributed by atoms with E-state index in [9.17, 15) is 4.79 Å². The lowest BCUT2D eigenvalue weighted by atomic mass is 10.0. The maximum absolute atomic E-state index is 12.8. The Labute approximate surface area is 181 Å². The Morgan fingerprint density at radius 3 is 2.70 bits per heavy atom. The van der Waals surface area contributed by atoms with E-state index in [-0.39, 0.29) is 5.56 Å². The highest BCUT2D eigenvalue weighted by Crippen LogP contribution is 2.34. The van der Waals surface area contributed by atoms with Crippen molar-refractivity contribution in [3.05, 3.63) is 98.7 Å². The monoisotopic (exact) mass is 417 g/mol.